The van der Waals surface area contributed by atoms with Gasteiger partial charge in [0.1, 0.15) is 12.6 Å². The van der Waals surface area contributed by atoms with Crippen LogP contribution in [0.2, 0.25) is 0 Å². The molecule has 132 valence electrons. The van der Waals surface area contributed by atoms with Crippen LogP contribution >= 0.6 is 0 Å². The van der Waals surface area contributed by atoms with Gasteiger partial charge in [-0.05, 0) is 18.2 Å². The van der Waals surface area contributed by atoms with Crippen LogP contribution in [0, 0.1) is 0 Å². The van der Waals surface area contributed by atoms with Crippen LogP contribution in [0.1, 0.15) is 6.42 Å². The van der Waals surface area contributed by atoms with Crippen molar-refractivity contribution in [2.75, 3.05) is 13.1 Å². The molecule has 0 N–H and O–H groups in total. The van der Waals surface area contributed by atoms with E-state index in [-0.39, 0.29) is 24.1 Å². The number of rotatable bonds is 4. The summed E-state index contributed by atoms with van der Waals surface area (Å²) < 4.78 is 7.16. The molecule has 0 saturated carbocycles. The van der Waals surface area contributed by atoms with E-state index in [0.29, 0.717) is 29.9 Å². The maximum absolute atomic E-state index is 12.6. The molecule has 1 atom stereocenters. The first-order valence-electron chi connectivity index (χ1n) is 8.50. The molecule has 26 heavy (non-hydrogen) atoms. The summed E-state index contributed by atoms with van der Waals surface area (Å²) >= 11 is 0. The van der Waals surface area contributed by atoms with Gasteiger partial charge in [0.2, 0.25) is 11.8 Å². The van der Waals surface area contributed by atoms with Gasteiger partial charge in [0.15, 0.2) is 0 Å². The number of hydrogen-bond donors (Lipinski definition) is 0. The third-order valence-corrected chi connectivity index (χ3v) is 4.46. The maximum Gasteiger partial charge on any atom is 0.261 e. The van der Waals surface area contributed by atoms with Crippen LogP contribution in [0.5, 0.6) is 5.88 Å². The highest BCUT2D eigenvalue weighted by atomic mass is 16.5. The number of hydrogen-bond acceptors (Lipinski definition) is 5. The third-order valence-electron chi connectivity index (χ3n) is 4.46. The number of amides is 1. The summed E-state index contributed by atoms with van der Waals surface area (Å²) in [6, 6.07) is 12.6. The van der Waals surface area contributed by atoms with Crippen LogP contribution in [0.4, 0.5) is 0 Å². The van der Waals surface area contributed by atoms with Crippen LogP contribution in [-0.4, -0.2) is 44.5 Å². The van der Waals surface area contributed by atoms with Gasteiger partial charge in [-0.15, -0.1) is 0 Å². The number of pyridine rings is 1. The topological polar surface area (TPSA) is 77.3 Å². The minimum Gasteiger partial charge on any atom is -0.472 e. The number of fused-ring (bicyclic) bond motifs is 1. The lowest BCUT2D eigenvalue weighted by molar-refractivity contribution is -0.131. The number of para-hydroxylation sites is 1. The molecule has 0 radical (unpaired) electrons. The molecule has 1 aliphatic rings. The molecule has 1 aromatic carbocycles. The second-order valence-corrected chi connectivity index (χ2v) is 6.23. The number of likely N-dealkylation sites (tertiary alicyclic amines) is 1. The smallest absolute Gasteiger partial charge is 0.261 e. The molecular weight excluding hydrogens is 332 g/mol. The van der Waals surface area contributed by atoms with Gasteiger partial charge in [-0.25, -0.2) is 9.97 Å². The van der Waals surface area contributed by atoms with Crippen molar-refractivity contribution in [3.63, 3.8) is 0 Å². The van der Waals surface area contributed by atoms with Crippen molar-refractivity contribution in [1.82, 2.24) is 19.4 Å². The van der Waals surface area contributed by atoms with Gasteiger partial charge in [-0.3, -0.25) is 14.2 Å². The van der Waals surface area contributed by atoms with E-state index in [1.165, 1.54) is 10.9 Å². The lowest BCUT2D eigenvalue weighted by atomic mass is 10.2. The Morgan fingerprint density at radius 2 is 2.00 bits per heavy atom. The summed E-state index contributed by atoms with van der Waals surface area (Å²) in [5, 5.41) is 0.514. The van der Waals surface area contributed by atoms with Gasteiger partial charge < -0.3 is 9.64 Å². The third kappa shape index (κ3) is 3.28. The minimum atomic E-state index is -0.204. The molecule has 3 heterocycles. The highest BCUT2D eigenvalue weighted by Crippen LogP contribution is 2.16. The van der Waals surface area contributed by atoms with Gasteiger partial charge in [-0.2, -0.15) is 0 Å². The van der Waals surface area contributed by atoms with Crippen molar-refractivity contribution in [2.24, 2.45) is 0 Å². The summed E-state index contributed by atoms with van der Waals surface area (Å²) in [5.41, 5.74) is 0.427. The van der Waals surface area contributed by atoms with E-state index in [1.807, 2.05) is 18.2 Å². The summed E-state index contributed by atoms with van der Waals surface area (Å²) in [5.74, 6) is 0.443. The molecule has 0 aliphatic carbocycles. The highest BCUT2D eigenvalue weighted by molar-refractivity contribution is 5.79. The van der Waals surface area contributed by atoms with E-state index >= 15 is 0 Å². The van der Waals surface area contributed by atoms with E-state index in [1.54, 1.807) is 35.4 Å². The van der Waals surface area contributed by atoms with E-state index < -0.39 is 0 Å². The van der Waals surface area contributed by atoms with Crippen LogP contribution in [0.3, 0.4) is 0 Å². The van der Waals surface area contributed by atoms with Gasteiger partial charge in [0, 0.05) is 25.2 Å². The first-order valence-corrected chi connectivity index (χ1v) is 8.50. The Labute approximate surface area is 149 Å². The largest absolute Gasteiger partial charge is 0.472 e. The van der Waals surface area contributed by atoms with Crippen LogP contribution in [-0.2, 0) is 11.3 Å². The van der Waals surface area contributed by atoms with E-state index in [4.69, 9.17) is 4.74 Å². The Hall–Kier alpha value is -3.22. The molecule has 1 unspecified atom stereocenters. The van der Waals surface area contributed by atoms with Crippen LogP contribution in [0.15, 0.2) is 59.8 Å². The van der Waals surface area contributed by atoms with Gasteiger partial charge in [0.05, 0.1) is 23.8 Å². The Balaban J connectivity index is 1.43. The van der Waals surface area contributed by atoms with E-state index in [2.05, 4.69) is 9.97 Å². The second kappa shape index (κ2) is 6.95. The van der Waals surface area contributed by atoms with Gasteiger partial charge >= 0.3 is 0 Å². The molecule has 1 amide bonds. The fraction of sp³-hybridized carbons (Fsp3) is 0.263. The van der Waals surface area contributed by atoms with Crippen LogP contribution < -0.4 is 10.3 Å². The molecule has 1 aliphatic heterocycles. The number of carbonyl (C=O) groups excluding carboxylic acids is 1. The zero-order chi connectivity index (χ0) is 17.9. The lowest BCUT2D eigenvalue weighted by Crippen LogP contribution is -2.36. The Bertz CT molecular complexity index is 987. The fourth-order valence-electron chi connectivity index (χ4n) is 3.10. The number of aromatic nitrogens is 3. The maximum atomic E-state index is 12.6. The molecular formula is C19H18N4O3. The van der Waals surface area contributed by atoms with Crippen molar-refractivity contribution >= 4 is 16.8 Å². The molecule has 3 aromatic rings. The summed E-state index contributed by atoms with van der Waals surface area (Å²) in [7, 11) is 0. The quantitative estimate of drug-likeness (QED) is 0.712. The molecule has 7 heteroatoms. The van der Waals surface area contributed by atoms with Crippen LogP contribution in [0.25, 0.3) is 10.9 Å². The zero-order valence-corrected chi connectivity index (χ0v) is 14.1. The Morgan fingerprint density at radius 1 is 1.15 bits per heavy atom. The van der Waals surface area contributed by atoms with Gasteiger partial charge in [-0.1, -0.05) is 18.2 Å². The first kappa shape index (κ1) is 16.3. The Kier molecular flexibility index (Phi) is 4.35. The number of ether oxygens (including phenoxy) is 1. The SMILES string of the molecule is O=C(Cn1cnc2ccccc2c1=O)N1CCC(Oc2ccccn2)C1. The number of benzene rings is 1. The number of carbonyl (C=O) groups is 1. The average Bonchev–Trinajstić information content (AvgIpc) is 3.14. The second-order valence-electron chi connectivity index (χ2n) is 6.23. The summed E-state index contributed by atoms with van der Waals surface area (Å²) in [6.07, 6.45) is 3.76. The van der Waals surface area contributed by atoms with Gasteiger partial charge in [0.25, 0.3) is 5.56 Å². The molecule has 0 bridgehead atoms. The first-order chi connectivity index (χ1) is 12.7. The molecule has 1 fully saturated rings. The normalized spacial score (nSPS) is 16.8. The summed E-state index contributed by atoms with van der Waals surface area (Å²) in [4.78, 5) is 35.2. The monoisotopic (exact) mass is 350 g/mol. The standard InChI is InChI=1S/C19H18N4O3/c24-18(12-23-13-21-16-6-2-1-5-15(16)19(23)25)22-10-8-14(11-22)26-17-7-3-4-9-20-17/h1-7,9,13-14H,8,10-12H2. The highest BCUT2D eigenvalue weighted by Gasteiger charge is 2.28. The minimum absolute atomic E-state index is 0.0209. The lowest BCUT2D eigenvalue weighted by Gasteiger charge is -2.17. The van der Waals surface area contributed by atoms with E-state index in [9.17, 15) is 9.59 Å². The van der Waals surface area contributed by atoms with Crippen molar-refractivity contribution in [3.05, 3.63) is 65.3 Å². The molecule has 0 spiro atoms. The number of nitrogens with zero attached hydrogens (tertiary/aromatic N) is 4. The molecule has 1 saturated heterocycles. The van der Waals surface area contributed by atoms with Crippen molar-refractivity contribution in [2.45, 2.75) is 19.1 Å². The van der Waals surface area contributed by atoms with Crippen molar-refractivity contribution in [1.29, 1.82) is 0 Å². The van der Waals surface area contributed by atoms with Crippen molar-refractivity contribution in [3.8, 4) is 5.88 Å². The van der Waals surface area contributed by atoms with E-state index in [0.717, 1.165) is 6.42 Å². The van der Waals surface area contributed by atoms with Crippen molar-refractivity contribution < 1.29 is 9.53 Å². The molecule has 7 nitrogen and oxygen atoms in total. The fourth-order valence-corrected chi connectivity index (χ4v) is 3.10. The predicted molar refractivity (Wildman–Crippen MR) is 95.9 cm³/mol. The molecule has 4 rings (SSSR count). The Morgan fingerprint density at radius 3 is 2.85 bits per heavy atom. The predicted octanol–water partition coefficient (Wildman–Crippen LogP) is 1.47. The average molecular weight is 350 g/mol. The summed E-state index contributed by atoms with van der Waals surface area (Å²) in [6.45, 7) is 1.07. The molecule has 2 aromatic heterocycles. The zero-order valence-electron chi connectivity index (χ0n) is 14.1.